The van der Waals surface area contributed by atoms with Crippen molar-refractivity contribution in [3.63, 3.8) is 0 Å². The van der Waals surface area contributed by atoms with Crippen LogP contribution in [0.4, 0.5) is 26.3 Å². The van der Waals surface area contributed by atoms with Crippen LogP contribution in [0.3, 0.4) is 0 Å². The molecule has 9 heteroatoms. The van der Waals surface area contributed by atoms with Crippen LogP contribution in [-0.2, 0) is 21.9 Å². The Balaban J connectivity index is 2.35. The summed E-state index contributed by atoms with van der Waals surface area (Å²) in [6, 6.07) is 14.2. The van der Waals surface area contributed by atoms with Crippen LogP contribution in [-0.4, -0.2) is 13.1 Å². The molecular formula is C28H23F6NO2. The molecule has 3 aromatic carbocycles. The van der Waals surface area contributed by atoms with Crippen molar-refractivity contribution in [1.82, 2.24) is 0 Å². The standard InChI is InChI=1S/C28H23F6NO2/c1-16(2)7-25(26(36)37-3)22-10-19(18-6-4-5-17(8-18)15-35)9-20(11-22)21-12-23(27(29,30)31)14-24(13-21)28(32,33)34/h4-6,8-14,16,25H,7H2,1-3H3. The average Bonchev–Trinajstić information content (AvgIpc) is 2.85. The molecule has 0 aromatic heterocycles. The second kappa shape index (κ2) is 10.7. The second-order valence-corrected chi connectivity index (χ2v) is 9.04. The van der Waals surface area contributed by atoms with E-state index in [2.05, 4.69) is 0 Å². The number of carbonyl (C=O) groups is 1. The Morgan fingerprint density at radius 2 is 1.38 bits per heavy atom. The zero-order valence-corrected chi connectivity index (χ0v) is 20.2. The number of ether oxygens (including phenoxy) is 1. The molecule has 0 fully saturated rings. The topological polar surface area (TPSA) is 50.1 Å². The number of nitriles is 1. The highest BCUT2D eigenvalue weighted by atomic mass is 19.4. The molecule has 1 atom stereocenters. The number of halogens is 6. The van der Waals surface area contributed by atoms with E-state index in [-0.39, 0.29) is 23.1 Å². The van der Waals surface area contributed by atoms with Crippen LogP contribution in [0.5, 0.6) is 0 Å². The van der Waals surface area contributed by atoms with E-state index in [0.29, 0.717) is 40.8 Å². The first kappa shape index (κ1) is 27.8. The van der Waals surface area contributed by atoms with Crippen molar-refractivity contribution in [2.24, 2.45) is 5.92 Å². The third-order valence-corrected chi connectivity index (χ3v) is 5.80. The molecule has 0 saturated carbocycles. The number of rotatable bonds is 6. The molecule has 0 N–H and O–H groups in total. The Hall–Kier alpha value is -3.80. The van der Waals surface area contributed by atoms with E-state index in [0.717, 1.165) is 0 Å². The average molecular weight is 519 g/mol. The molecule has 0 spiro atoms. The zero-order chi connectivity index (χ0) is 27.5. The summed E-state index contributed by atoms with van der Waals surface area (Å²) in [4.78, 5) is 12.7. The summed E-state index contributed by atoms with van der Waals surface area (Å²) < 4.78 is 86.1. The van der Waals surface area contributed by atoms with E-state index in [1.165, 1.54) is 19.2 Å². The molecule has 0 heterocycles. The molecule has 3 rings (SSSR count). The molecule has 0 bridgehead atoms. The van der Waals surface area contributed by atoms with Gasteiger partial charge in [0.2, 0.25) is 0 Å². The molecular weight excluding hydrogens is 496 g/mol. The zero-order valence-electron chi connectivity index (χ0n) is 20.2. The number of carbonyl (C=O) groups excluding carboxylic acids is 1. The maximum absolute atomic E-state index is 13.5. The summed E-state index contributed by atoms with van der Waals surface area (Å²) >= 11 is 0. The normalized spacial score (nSPS) is 12.8. The minimum atomic E-state index is -5.01. The molecule has 0 aliphatic rings. The largest absolute Gasteiger partial charge is 0.469 e. The third kappa shape index (κ3) is 6.70. The molecule has 1 unspecified atom stereocenters. The van der Waals surface area contributed by atoms with Gasteiger partial charge in [-0.3, -0.25) is 4.79 Å². The van der Waals surface area contributed by atoms with Crippen molar-refractivity contribution >= 4 is 5.97 Å². The molecule has 3 nitrogen and oxygen atoms in total. The van der Waals surface area contributed by atoms with Crippen LogP contribution in [0.2, 0.25) is 0 Å². The Morgan fingerprint density at radius 3 is 1.86 bits per heavy atom. The first-order chi connectivity index (χ1) is 17.2. The van der Waals surface area contributed by atoms with Crippen LogP contribution in [0.15, 0.2) is 60.7 Å². The maximum atomic E-state index is 13.5. The number of hydrogen-bond acceptors (Lipinski definition) is 3. The highest BCUT2D eigenvalue weighted by Gasteiger charge is 2.37. The fourth-order valence-electron chi connectivity index (χ4n) is 4.06. The van der Waals surface area contributed by atoms with Crippen molar-refractivity contribution in [2.75, 3.05) is 7.11 Å². The minimum Gasteiger partial charge on any atom is -0.469 e. The van der Waals surface area contributed by atoms with Gasteiger partial charge < -0.3 is 4.74 Å². The number of hydrogen-bond donors (Lipinski definition) is 0. The van der Waals surface area contributed by atoms with Crippen molar-refractivity contribution in [2.45, 2.75) is 38.5 Å². The van der Waals surface area contributed by atoms with Crippen LogP contribution in [0.1, 0.15) is 48.4 Å². The lowest BCUT2D eigenvalue weighted by Gasteiger charge is -2.20. The highest BCUT2D eigenvalue weighted by Crippen LogP contribution is 2.40. The molecule has 0 amide bonds. The third-order valence-electron chi connectivity index (χ3n) is 5.80. The summed E-state index contributed by atoms with van der Waals surface area (Å²) in [5.41, 5.74) is -1.51. The fourth-order valence-corrected chi connectivity index (χ4v) is 4.06. The fraction of sp³-hybridized carbons (Fsp3) is 0.286. The maximum Gasteiger partial charge on any atom is 0.416 e. The summed E-state index contributed by atoms with van der Waals surface area (Å²) in [5.74, 6) is -1.36. The van der Waals surface area contributed by atoms with Gasteiger partial charge in [-0.05, 0) is 76.6 Å². The monoisotopic (exact) mass is 519 g/mol. The lowest BCUT2D eigenvalue weighted by Crippen LogP contribution is -2.16. The van der Waals surface area contributed by atoms with Gasteiger partial charge in [0.05, 0.1) is 35.8 Å². The molecule has 37 heavy (non-hydrogen) atoms. The van der Waals surface area contributed by atoms with E-state index in [1.54, 1.807) is 30.3 Å². The number of esters is 1. The van der Waals surface area contributed by atoms with Crippen molar-refractivity contribution < 1.29 is 35.9 Å². The quantitative estimate of drug-likeness (QED) is 0.243. The Kier molecular flexibility index (Phi) is 8.01. The molecule has 0 aliphatic heterocycles. The van der Waals surface area contributed by atoms with E-state index in [4.69, 9.17) is 4.74 Å². The Labute approximate surface area is 210 Å². The van der Waals surface area contributed by atoms with Crippen LogP contribution in [0.25, 0.3) is 22.3 Å². The van der Waals surface area contributed by atoms with Crippen LogP contribution >= 0.6 is 0 Å². The summed E-state index contributed by atoms with van der Waals surface area (Å²) in [6.45, 7) is 3.75. The Bertz CT molecular complexity index is 1300. The lowest BCUT2D eigenvalue weighted by atomic mass is 9.85. The smallest absolute Gasteiger partial charge is 0.416 e. The van der Waals surface area contributed by atoms with Gasteiger partial charge in [-0.2, -0.15) is 31.6 Å². The van der Waals surface area contributed by atoms with E-state index >= 15 is 0 Å². The van der Waals surface area contributed by atoms with Gasteiger partial charge in [-0.1, -0.05) is 38.1 Å². The second-order valence-electron chi connectivity index (χ2n) is 9.04. The number of nitrogens with zero attached hydrogens (tertiary/aromatic N) is 1. The highest BCUT2D eigenvalue weighted by molar-refractivity contribution is 5.82. The molecule has 0 radical (unpaired) electrons. The van der Waals surface area contributed by atoms with Crippen molar-refractivity contribution in [3.05, 3.63) is 82.9 Å². The van der Waals surface area contributed by atoms with Gasteiger partial charge in [-0.25, -0.2) is 0 Å². The van der Waals surface area contributed by atoms with Gasteiger partial charge in [0, 0.05) is 0 Å². The van der Waals surface area contributed by atoms with E-state index in [1.807, 2.05) is 19.9 Å². The SMILES string of the molecule is COC(=O)C(CC(C)C)c1cc(-c2cccc(C#N)c2)cc(-c2cc(C(F)(F)F)cc(C(F)(F)F)c2)c1. The summed E-state index contributed by atoms with van der Waals surface area (Å²) in [6.07, 6.45) is -9.68. The first-order valence-electron chi connectivity index (χ1n) is 11.3. The summed E-state index contributed by atoms with van der Waals surface area (Å²) in [7, 11) is 1.21. The lowest BCUT2D eigenvalue weighted by molar-refractivity contribution is -0.144. The van der Waals surface area contributed by atoms with E-state index in [9.17, 15) is 36.4 Å². The van der Waals surface area contributed by atoms with E-state index < -0.39 is 35.4 Å². The van der Waals surface area contributed by atoms with Gasteiger partial charge in [0.15, 0.2) is 0 Å². The molecule has 0 saturated heterocycles. The van der Waals surface area contributed by atoms with Gasteiger partial charge in [0.25, 0.3) is 0 Å². The van der Waals surface area contributed by atoms with Gasteiger partial charge in [-0.15, -0.1) is 0 Å². The van der Waals surface area contributed by atoms with Gasteiger partial charge >= 0.3 is 18.3 Å². The predicted octanol–water partition coefficient (Wildman–Crippen LogP) is 8.23. The predicted molar refractivity (Wildman–Crippen MR) is 126 cm³/mol. The van der Waals surface area contributed by atoms with Crippen molar-refractivity contribution in [3.8, 4) is 28.3 Å². The molecule has 0 aliphatic carbocycles. The minimum absolute atomic E-state index is 0.0310. The van der Waals surface area contributed by atoms with Gasteiger partial charge in [0.1, 0.15) is 0 Å². The number of benzene rings is 3. The molecule has 194 valence electrons. The van der Waals surface area contributed by atoms with Crippen molar-refractivity contribution in [1.29, 1.82) is 5.26 Å². The Morgan fingerprint density at radius 1 is 0.838 bits per heavy atom. The molecule has 3 aromatic rings. The van der Waals surface area contributed by atoms with Crippen LogP contribution in [0, 0.1) is 17.2 Å². The summed E-state index contributed by atoms with van der Waals surface area (Å²) in [5, 5.41) is 9.28. The number of alkyl halides is 6. The first-order valence-corrected chi connectivity index (χ1v) is 11.3. The number of methoxy groups -OCH3 is 1. The van der Waals surface area contributed by atoms with Crippen LogP contribution < -0.4 is 0 Å².